The van der Waals surface area contributed by atoms with Crippen LogP contribution in [0.2, 0.25) is 0 Å². The summed E-state index contributed by atoms with van der Waals surface area (Å²) < 4.78 is 22.5. The fourth-order valence-corrected chi connectivity index (χ4v) is 6.91. The molecule has 0 unspecified atom stereocenters. The molecule has 0 bridgehead atoms. The first kappa shape index (κ1) is 40.3. The van der Waals surface area contributed by atoms with Crippen LogP contribution in [-0.2, 0) is 27.5 Å². The van der Waals surface area contributed by atoms with E-state index in [0.717, 1.165) is 23.7 Å². The number of benzene rings is 2. The highest BCUT2D eigenvalue weighted by Gasteiger charge is 2.50. The Hall–Kier alpha value is -5.87. The van der Waals surface area contributed by atoms with Gasteiger partial charge in [0.2, 0.25) is 17.2 Å². The maximum Gasteiger partial charge on any atom is 0.410 e. The molecule has 3 aromatic rings. The quantitative estimate of drug-likeness (QED) is 0.0926. The maximum atomic E-state index is 15.3. The molecule has 16 nitrogen and oxygen atoms in total. The van der Waals surface area contributed by atoms with E-state index >= 15 is 4.39 Å². The molecule has 1 saturated heterocycles. The summed E-state index contributed by atoms with van der Waals surface area (Å²) in [6.07, 6.45) is 3.62. The van der Waals surface area contributed by atoms with Crippen molar-refractivity contribution < 1.29 is 38.2 Å². The third-order valence-electron chi connectivity index (χ3n) is 10.2. The van der Waals surface area contributed by atoms with Gasteiger partial charge < -0.3 is 51.2 Å². The standard InChI is InChI=1S/C38H49FN8O8/c1-3-41-34(51)38(12-6-13-38)35(52)44-26(7-5-14-42-36(40)53)21-43-25-10-8-24(9-11-25)23-55-37(54)47-17-15-46(16-18-47)31-20-30-27(19-29(31)39)32(48)28(33(49)50)22-45(30)4-2/h8-11,19-20,22,26,43H,3-7,12-18,21,23H2,1-2H3,(H,41,51)(H,44,52)(H,49,50)(H3,40,42,53)/t26-/m0/s1. The molecule has 2 aliphatic rings. The third kappa shape index (κ3) is 9.45. The largest absolute Gasteiger partial charge is 0.477 e. The van der Waals surface area contributed by atoms with Crippen LogP contribution in [0.5, 0.6) is 0 Å². The lowest BCUT2D eigenvalue weighted by Crippen LogP contribution is -2.57. The van der Waals surface area contributed by atoms with Crippen LogP contribution in [0.4, 0.5) is 25.4 Å². The number of carbonyl (C=O) groups excluding carboxylic acids is 4. The molecular weight excluding hydrogens is 715 g/mol. The van der Waals surface area contributed by atoms with Gasteiger partial charge in [-0.05, 0) is 69.4 Å². The van der Waals surface area contributed by atoms with E-state index in [0.29, 0.717) is 70.5 Å². The van der Waals surface area contributed by atoms with Crippen LogP contribution in [-0.4, -0.2) is 96.3 Å². The first-order valence-corrected chi connectivity index (χ1v) is 18.6. The molecule has 2 fully saturated rings. The predicted molar refractivity (Wildman–Crippen MR) is 203 cm³/mol. The summed E-state index contributed by atoms with van der Waals surface area (Å²) in [7, 11) is 0. The maximum absolute atomic E-state index is 15.3. The Labute approximate surface area is 317 Å². The minimum Gasteiger partial charge on any atom is -0.477 e. The van der Waals surface area contributed by atoms with E-state index in [2.05, 4.69) is 21.3 Å². The monoisotopic (exact) mass is 764 g/mol. The zero-order chi connectivity index (χ0) is 39.7. The number of nitrogens with one attached hydrogen (secondary N) is 4. The molecule has 1 atom stereocenters. The number of carboxylic acid groups (broad SMARTS) is 1. The lowest BCUT2D eigenvalue weighted by atomic mass is 9.67. The van der Waals surface area contributed by atoms with Crippen LogP contribution in [0.15, 0.2) is 47.4 Å². The highest BCUT2D eigenvalue weighted by Crippen LogP contribution is 2.41. The number of aromatic carboxylic acids is 1. The van der Waals surface area contributed by atoms with Crippen molar-refractivity contribution in [2.45, 2.75) is 65.1 Å². The number of aryl methyl sites for hydroxylation is 1. The molecule has 2 heterocycles. The van der Waals surface area contributed by atoms with Crippen LogP contribution >= 0.6 is 0 Å². The summed E-state index contributed by atoms with van der Waals surface area (Å²) in [5.74, 6) is -2.59. The van der Waals surface area contributed by atoms with E-state index in [1.807, 2.05) is 31.2 Å². The Morgan fingerprint density at radius 1 is 1.00 bits per heavy atom. The van der Waals surface area contributed by atoms with Crippen LogP contribution < -0.4 is 37.3 Å². The molecule has 17 heteroatoms. The molecular formula is C38H49FN8O8. The van der Waals surface area contributed by atoms with Gasteiger partial charge in [0.15, 0.2) is 0 Å². The predicted octanol–water partition coefficient (Wildman–Crippen LogP) is 2.97. The number of anilines is 2. The van der Waals surface area contributed by atoms with Crippen molar-refractivity contribution in [3.05, 3.63) is 69.8 Å². The Kier molecular flexibility index (Phi) is 13.2. The minimum absolute atomic E-state index is 0.00948. The molecule has 7 N–H and O–H groups in total. The van der Waals surface area contributed by atoms with E-state index in [-0.39, 0.29) is 48.6 Å². The average molecular weight is 765 g/mol. The van der Waals surface area contributed by atoms with Crippen molar-refractivity contribution in [3.8, 4) is 0 Å². The van der Waals surface area contributed by atoms with Crippen LogP contribution in [0.1, 0.15) is 61.9 Å². The summed E-state index contributed by atoms with van der Waals surface area (Å²) >= 11 is 0. The summed E-state index contributed by atoms with van der Waals surface area (Å²) in [4.78, 5) is 77.7. The number of carbonyl (C=O) groups is 5. The van der Waals surface area contributed by atoms with E-state index in [1.165, 1.54) is 6.20 Å². The second kappa shape index (κ2) is 18.0. The number of nitrogens with zero attached hydrogens (tertiary/aromatic N) is 3. The highest BCUT2D eigenvalue weighted by molar-refractivity contribution is 6.06. The van der Waals surface area contributed by atoms with Crippen molar-refractivity contribution in [1.82, 2.24) is 25.4 Å². The fraction of sp³-hybridized carbons (Fsp3) is 0.474. The number of halogens is 1. The average Bonchev–Trinajstić information content (AvgIpc) is 3.14. The zero-order valence-corrected chi connectivity index (χ0v) is 31.1. The van der Waals surface area contributed by atoms with E-state index in [9.17, 15) is 33.9 Å². The van der Waals surface area contributed by atoms with E-state index in [1.54, 1.807) is 27.4 Å². The molecule has 5 rings (SSSR count). The number of primary amides is 1. The van der Waals surface area contributed by atoms with Gasteiger partial charge in [-0.2, -0.15) is 0 Å². The summed E-state index contributed by atoms with van der Waals surface area (Å²) in [6.45, 7) is 6.35. The number of carboxylic acids is 1. The number of ether oxygens (including phenoxy) is 1. The second-order valence-corrected chi connectivity index (χ2v) is 13.8. The first-order valence-electron chi connectivity index (χ1n) is 18.6. The third-order valence-corrected chi connectivity index (χ3v) is 10.2. The van der Waals surface area contributed by atoms with Gasteiger partial charge in [0.05, 0.1) is 11.2 Å². The topological polar surface area (TPSA) is 217 Å². The number of piperazine rings is 1. The molecule has 55 heavy (non-hydrogen) atoms. The zero-order valence-electron chi connectivity index (χ0n) is 31.1. The molecule has 2 aromatic carbocycles. The van der Waals surface area contributed by atoms with Gasteiger partial charge in [-0.15, -0.1) is 0 Å². The number of fused-ring (bicyclic) bond motifs is 1. The van der Waals surface area contributed by atoms with E-state index in [4.69, 9.17) is 10.5 Å². The number of amides is 5. The molecule has 296 valence electrons. The number of aromatic nitrogens is 1. The Morgan fingerprint density at radius 3 is 2.31 bits per heavy atom. The lowest BCUT2D eigenvalue weighted by molar-refractivity contribution is -0.150. The van der Waals surface area contributed by atoms with Gasteiger partial charge in [-0.25, -0.2) is 18.8 Å². The summed E-state index contributed by atoms with van der Waals surface area (Å²) in [6, 6.07) is 8.95. The van der Waals surface area contributed by atoms with Gasteiger partial charge in [0, 0.05) is 75.7 Å². The number of hydrogen-bond acceptors (Lipinski definition) is 9. The first-order chi connectivity index (χ1) is 26.4. The number of urea groups is 1. The molecule has 0 radical (unpaired) electrons. The van der Waals surface area contributed by atoms with Gasteiger partial charge in [-0.1, -0.05) is 18.6 Å². The van der Waals surface area contributed by atoms with Crippen molar-refractivity contribution >= 4 is 52.2 Å². The van der Waals surface area contributed by atoms with Crippen LogP contribution in [0.3, 0.4) is 0 Å². The molecule has 0 spiro atoms. The number of hydrogen-bond donors (Lipinski definition) is 6. The molecule has 1 aliphatic heterocycles. The van der Waals surface area contributed by atoms with Gasteiger partial charge >= 0.3 is 18.1 Å². The summed E-state index contributed by atoms with van der Waals surface area (Å²) in [5, 5.41) is 21.1. The van der Waals surface area contributed by atoms with Crippen LogP contribution in [0.25, 0.3) is 10.9 Å². The minimum atomic E-state index is -1.37. The van der Waals surface area contributed by atoms with Crippen molar-refractivity contribution in [2.75, 3.05) is 56.0 Å². The van der Waals surface area contributed by atoms with Gasteiger partial charge in [-0.3, -0.25) is 14.4 Å². The van der Waals surface area contributed by atoms with Crippen molar-refractivity contribution in [1.29, 1.82) is 0 Å². The Morgan fingerprint density at radius 2 is 1.71 bits per heavy atom. The lowest BCUT2D eigenvalue weighted by Gasteiger charge is -2.39. The van der Waals surface area contributed by atoms with Gasteiger partial charge in [0.25, 0.3) is 0 Å². The van der Waals surface area contributed by atoms with Crippen LogP contribution in [0, 0.1) is 11.2 Å². The Bertz CT molecular complexity index is 1960. The number of nitrogens with two attached hydrogens (primary N) is 1. The summed E-state index contributed by atoms with van der Waals surface area (Å²) in [5.41, 5.74) is 5.14. The number of pyridine rings is 1. The SMILES string of the molecule is CCNC(=O)C1(C(=O)N[C@@H](CCCNC(N)=O)CNc2ccc(COC(=O)N3CCN(c4cc5c(cc4F)c(=O)c(C(=O)O)cn5CC)CC3)cc2)CCC1. The number of rotatable bonds is 16. The second-order valence-electron chi connectivity index (χ2n) is 13.8. The molecule has 1 aliphatic carbocycles. The molecule has 1 aromatic heterocycles. The molecule has 1 saturated carbocycles. The molecule has 5 amide bonds. The Balaban J connectivity index is 1.12. The van der Waals surface area contributed by atoms with Crippen molar-refractivity contribution in [3.63, 3.8) is 0 Å². The van der Waals surface area contributed by atoms with Crippen molar-refractivity contribution in [2.24, 2.45) is 11.1 Å². The fourth-order valence-electron chi connectivity index (χ4n) is 6.91. The highest BCUT2D eigenvalue weighted by atomic mass is 19.1. The van der Waals surface area contributed by atoms with E-state index < -0.39 is 40.3 Å². The normalized spacial score (nSPS) is 15.4. The van der Waals surface area contributed by atoms with Gasteiger partial charge in [0.1, 0.15) is 23.4 Å². The smallest absolute Gasteiger partial charge is 0.410 e.